The standard InChI is InChI=1S/C9H9ClN2O2S/c1-7-2-3-8(10)6-9(7)12-15(13,14)5-4-11/h2-3,6,12H,5H2,1H3. The molecule has 80 valence electrons. The van der Waals surface area contributed by atoms with Gasteiger partial charge in [-0.2, -0.15) is 5.26 Å². The van der Waals surface area contributed by atoms with Gasteiger partial charge in [-0.15, -0.1) is 0 Å². The van der Waals surface area contributed by atoms with Gasteiger partial charge < -0.3 is 0 Å². The van der Waals surface area contributed by atoms with Crippen LogP contribution in [0.25, 0.3) is 0 Å². The lowest BCUT2D eigenvalue weighted by molar-refractivity contribution is 0.604. The summed E-state index contributed by atoms with van der Waals surface area (Å²) < 4.78 is 24.9. The number of benzene rings is 1. The maximum absolute atomic E-state index is 11.3. The number of aryl methyl sites for hydroxylation is 1. The maximum Gasteiger partial charge on any atom is 0.246 e. The van der Waals surface area contributed by atoms with Gasteiger partial charge in [0.15, 0.2) is 5.75 Å². The molecule has 15 heavy (non-hydrogen) atoms. The highest BCUT2D eigenvalue weighted by Gasteiger charge is 2.11. The molecular formula is C9H9ClN2O2S. The molecule has 1 rings (SSSR count). The van der Waals surface area contributed by atoms with E-state index in [2.05, 4.69) is 4.72 Å². The Balaban J connectivity index is 3.00. The van der Waals surface area contributed by atoms with E-state index >= 15 is 0 Å². The van der Waals surface area contributed by atoms with E-state index in [0.29, 0.717) is 10.7 Å². The van der Waals surface area contributed by atoms with Crippen molar-refractivity contribution in [3.05, 3.63) is 28.8 Å². The molecule has 0 fully saturated rings. The smallest absolute Gasteiger partial charge is 0.246 e. The van der Waals surface area contributed by atoms with Gasteiger partial charge in [0.2, 0.25) is 10.0 Å². The van der Waals surface area contributed by atoms with E-state index in [1.165, 1.54) is 6.07 Å². The average Bonchev–Trinajstić information content (AvgIpc) is 2.10. The summed E-state index contributed by atoms with van der Waals surface area (Å²) in [7, 11) is -3.59. The zero-order valence-electron chi connectivity index (χ0n) is 7.99. The average molecular weight is 245 g/mol. The molecule has 0 aliphatic heterocycles. The fourth-order valence-corrected chi connectivity index (χ4v) is 1.96. The number of hydrogen-bond donors (Lipinski definition) is 1. The molecule has 0 saturated carbocycles. The minimum absolute atomic E-state index is 0.401. The Morgan fingerprint density at radius 3 is 2.80 bits per heavy atom. The van der Waals surface area contributed by atoms with Gasteiger partial charge in [-0.05, 0) is 24.6 Å². The van der Waals surface area contributed by atoms with E-state index in [4.69, 9.17) is 16.9 Å². The summed E-state index contributed by atoms with van der Waals surface area (Å²) >= 11 is 5.72. The second kappa shape index (κ2) is 4.51. The summed E-state index contributed by atoms with van der Waals surface area (Å²) in [6.07, 6.45) is 0. The van der Waals surface area contributed by atoms with Gasteiger partial charge in [0, 0.05) is 5.02 Å². The van der Waals surface area contributed by atoms with Crippen molar-refractivity contribution in [2.24, 2.45) is 0 Å². The third-order valence-electron chi connectivity index (χ3n) is 1.72. The van der Waals surface area contributed by atoms with E-state index < -0.39 is 15.8 Å². The van der Waals surface area contributed by atoms with Crippen LogP contribution in [0.3, 0.4) is 0 Å². The van der Waals surface area contributed by atoms with Crippen molar-refractivity contribution in [3.63, 3.8) is 0 Å². The van der Waals surface area contributed by atoms with Crippen molar-refractivity contribution in [1.29, 1.82) is 5.26 Å². The number of hydrogen-bond acceptors (Lipinski definition) is 3. The first-order valence-electron chi connectivity index (χ1n) is 4.08. The van der Waals surface area contributed by atoms with Crippen LogP contribution in [0.5, 0.6) is 0 Å². The van der Waals surface area contributed by atoms with E-state index in [0.717, 1.165) is 5.56 Å². The molecule has 1 aromatic rings. The van der Waals surface area contributed by atoms with Crippen molar-refractivity contribution >= 4 is 27.3 Å². The third kappa shape index (κ3) is 3.42. The lowest BCUT2D eigenvalue weighted by Gasteiger charge is -2.08. The zero-order valence-corrected chi connectivity index (χ0v) is 9.56. The first-order chi connectivity index (χ1) is 6.94. The Labute approximate surface area is 93.5 Å². The summed E-state index contributed by atoms with van der Waals surface area (Å²) in [5.74, 6) is -0.570. The van der Waals surface area contributed by atoms with Crippen LogP contribution in [0.2, 0.25) is 5.02 Å². The first kappa shape index (κ1) is 11.8. The molecule has 4 nitrogen and oxygen atoms in total. The second-order valence-corrected chi connectivity index (χ2v) is 5.14. The lowest BCUT2D eigenvalue weighted by Crippen LogP contribution is -2.16. The number of sulfonamides is 1. The van der Waals surface area contributed by atoms with E-state index in [-0.39, 0.29) is 0 Å². The van der Waals surface area contributed by atoms with Crippen LogP contribution in [-0.2, 0) is 10.0 Å². The van der Waals surface area contributed by atoms with Crippen LogP contribution in [0.15, 0.2) is 18.2 Å². The van der Waals surface area contributed by atoms with Gasteiger partial charge in [0.25, 0.3) is 0 Å². The number of nitrogens with one attached hydrogen (secondary N) is 1. The fraction of sp³-hybridized carbons (Fsp3) is 0.222. The quantitative estimate of drug-likeness (QED) is 0.883. The van der Waals surface area contributed by atoms with Crippen LogP contribution in [0.4, 0.5) is 5.69 Å². The van der Waals surface area contributed by atoms with Gasteiger partial charge in [-0.25, -0.2) is 8.42 Å². The molecule has 0 aliphatic rings. The van der Waals surface area contributed by atoms with Crippen LogP contribution in [0, 0.1) is 18.3 Å². The molecule has 1 aromatic carbocycles. The Kier molecular flexibility index (Phi) is 3.56. The molecule has 0 saturated heterocycles. The molecule has 0 spiro atoms. The highest BCUT2D eigenvalue weighted by atomic mass is 35.5. The second-order valence-electron chi connectivity index (χ2n) is 2.98. The zero-order chi connectivity index (χ0) is 11.5. The number of anilines is 1. The molecule has 0 bridgehead atoms. The molecule has 0 aromatic heterocycles. The van der Waals surface area contributed by atoms with Gasteiger partial charge in [0.05, 0.1) is 11.8 Å². The van der Waals surface area contributed by atoms with Crippen LogP contribution in [-0.4, -0.2) is 14.2 Å². The van der Waals surface area contributed by atoms with Crippen molar-refractivity contribution in [2.75, 3.05) is 10.5 Å². The molecule has 0 heterocycles. The normalized spacial score (nSPS) is 10.7. The van der Waals surface area contributed by atoms with Gasteiger partial charge >= 0.3 is 0 Å². The van der Waals surface area contributed by atoms with Crippen molar-refractivity contribution < 1.29 is 8.42 Å². The monoisotopic (exact) mass is 244 g/mol. The predicted molar refractivity (Wildman–Crippen MR) is 59.2 cm³/mol. The highest BCUT2D eigenvalue weighted by Crippen LogP contribution is 2.21. The van der Waals surface area contributed by atoms with Crippen molar-refractivity contribution in [1.82, 2.24) is 0 Å². The van der Waals surface area contributed by atoms with E-state index in [9.17, 15) is 8.42 Å². The van der Waals surface area contributed by atoms with Crippen LogP contribution in [0.1, 0.15) is 5.56 Å². The summed E-state index contributed by atoms with van der Waals surface area (Å²) in [5.41, 5.74) is 1.15. The highest BCUT2D eigenvalue weighted by molar-refractivity contribution is 7.92. The predicted octanol–water partition coefficient (Wildman–Crippen LogP) is 1.91. The Morgan fingerprint density at radius 2 is 2.20 bits per heavy atom. The first-order valence-corrected chi connectivity index (χ1v) is 6.11. The summed E-state index contributed by atoms with van der Waals surface area (Å²) in [6.45, 7) is 1.75. The largest absolute Gasteiger partial charge is 0.282 e. The van der Waals surface area contributed by atoms with E-state index in [1.807, 2.05) is 0 Å². The molecule has 1 N–H and O–H groups in total. The minimum Gasteiger partial charge on any atom is -0.282 e. The minimum atomic E-state index is -3.59. The number of nitriles is 1. The van der Waals surface area contributed by atoms with Crippen LogP contribution < -0.4 is 4.72 Å². The lowest BCUT2D eigenvalue weighted by atomic mass is 10.2. The fourth-order valence-electron chi connectivity index (χ4n) is 0.993. The topological polar surface area (TPSA) is 70.0 Å². The third-order valence-corrected chi connectivity index (χ3v) is 2.99. The molecule has 0 amide bonds. The summed E-state index contributed by atoms with van der Waals surface area (Å²) in [5, 5.41) is 8.75. The molecular weight excluding hydrogens is 236 g/mol. The number of halogens is 1. The molecule has 0 radical (unpaired) electrons. The van der Waals surface area contributed by atoms with Gasteiger partial charge in [-0.1, -0.05) is 17.7 Å². The maximum atomic E-state index is 11.3. The molecule has 0 aliphatic carbocycles. The van der Waals surface area contributed by atoms with Gasteiger partial charge in [-0.3, -0.25) is 4.72 Å². The molecule has 0 unspecified atom stereocenters. The van der Waals surface area contributed by atoms with Crippen molar-refractivity contribution in [3.8, 4) is 6.07 Å². The number of nitrogens with zero attached hydrogens (tertiary/aromatic N) is 1. The molecule has 6 heteroatoms. The molecule has 0 atom stereocenters. The summed E-state index contributed by atoms with van der Waals surface area (Å²) in [4.78, 5) is 0. The van der Waals surface area contributed by atoms with E-state index in [1.54, 1.807) is 25.1 Å². The van der Waals surface area contributed by atoms with Crippen LogP contribution >= 0.6 is 11.6 Å². The van der Waals surface area contributed by atoms with Gasteiger partial charge in [0.1, 0.15) is 0 Å². The Morgan fingerprint density at radius 1 is 1.53 bits per heavy atom. The number of rotatable bonds is 3. The summed E-state index contributed by atoms with van der Waals surface area (Å²) in [6, 6.07) is 6.45. The Hall–Kier alpha value is -1.25. The van der Waals surface area contributed by atoms with Crippen molar-refractivity contribution in [2.45, 2.75) is 6.92 Å². The SMILES string of the molecule is Cc1ccc(Cl)cc1NS(=O)(=O)CC#N. The Bertz CT molecular complexity index is 505.